The molecular formula is C38H55N7O11. The van der Waals surface area contributed by atoms with Gasteiger partial charge in [-0.1, -0.05) is 48.9 Å². The largest absolute Gasteiger partial charge is 0.481 e. The quantitative estimate of drug-likeness (QED) is 0.0435. The zero-order valence-electron chi connectivity index (χ0n) is 31.5. The summed E-state index contributed by atoms with van der Waals surface area (Å²) >= 11 is 0. The summed E-state index contributed by atoms with van der Waals surface area (Å²) < 4.78 is 0. The van der Waals surface area contributed by atoms with Crippen LogP contribution in [-0.2, 0) is 41.7 Å². The summed E-state index contributed by atoms with van der Waals surface area (Å²) in [4.78, 5) is 88.0. The number of ketones is 1. The lowest BCUT2D eigenvalue weighted by atomic mass is 9.96. The Bertz CT molecular complexity index is 1560. The van der Waals surface area contributed by atoms with Crippen molar-refractivity contribution in [3.8, 4) is 0 Å². The predicted molar refractivity (Wildman–Crippen MR) is 205 cm³/mol. The van der Waals surface area contributed by atoms with E-state index in [-0.39, 0.29) is 51.1 Å². The minimum Gasteiger partial charge on any atom is -0.481 e. The molecule has 0 heterocycles. The Balaban J connectivity index is 2.11. The monoisotopic (exact) mass is 785 g/mol. The molecule has 308 valence electrons. The third-order valence-electron chi connectivity index (χ3n) is 8.67. The molecule has 0 spiro atoms. The Kier molecular flexibility index (Phi) is 22.2. The van der Waals surface area contributed by atoms with E-state index in [1.54, 1.807) is 53.4 Å². The molecule has 0 aliphatic heterocycles. The van der Waals surface area contributed by atoms with Crippen LogP contribution in [0.2, 0.25) is 0 Å². The van der Waals surface area contributed by atoms with Gasteiger partial charge in [0.15, 0.2) is 5.78 Å². The number of carbonyl (C=O) groups is 7. The minimum atomic E-state index is -1.09. The molecule has 18 heteroatoms. The van der Waals surface area contributed by atoms with Gasteiger partial charge in [0, 0.05) is 64.2 Å². The molecule has 0 bridgehead atoms. The average molecular weight is 786 g/mol. The molecule has 0 aliphatic rings. The number of carboxylic acids is 4. The Labute approximate surface area is 325 Å². The molecule has 0 saturated heterocycles. The number of hydrogen-bond acceptors (Lipinski definition) is 12. The summed E-state index contributed by atoms with van der Waals surface area (Å²) in [5.41, 5.74) is 7.31. The fraction of sp³-hybridized carbons (Fsp3) is 0.500. The molecular weight excluding hydrogens is 730 g/mol. The summed E-state index contributed by atoms with van der Waals surface area (Å²) in [6, 6.07) is 14.6. The van der Waals surface area contributed by atoms with E-state index in [0.29, 0.717) is 58.5 Å². The predicted octanol–water partition coefficient (Wildman–Crippen LogP) is -0.530. The Morgan fingerprint density at radius 2 is 1.29 bits per heavy atom. The van der Waals surface area contributed by atoms with Crippen LogP contribution in [0.15, 0.2) is 54.6 Å². The third kappa shape index (κ3) is 20.4. The standard InChI is InChI=1S/C38H55N7O11/c39-13-5-4-8-30(38(55)56)21-31(46)22-42-37(54)32(20-27-6-2-1-3-7-27)43-36(53)29-11-9-28(10-12-29)25-44(16-14-40-23-33(47)48)18-19-45(26-35(51)52)17-15-41-24-34(49)50/h1-3,6-7,9-12,30,32,40-41H,4-5,8,13-26,39H2,(H,42,54)(H,43,53)(H,47,48)(H,49,50)(H,51,52)(H,55,56). The van der Waals surface area contributed by atoms with Gasteiger partial charge in [-0.3, -0.25) is 43.4 Å². The Morgan fingerprint density at radius 1 is 0.679 bits per heavy atom. The zero-order valence-corrected chi connectivity index (χ0v) is 31.5. The fourth-order valence-electron chi connectivity index (χ4n) is 5.70. The van der Waals surface area contributed by atoms with Crippen LogP contribution in [0.4, 0.5) is 0 Å². The van der Waals surface area contributed by atoms with Gasteiger partial charge in [0.2, 0.25) is 5.91 Å². The van der Waals surface area contributed by atoms with Gasteiger partial charge in [-0.15, -0.1) is 0 Å². The molecule has 56 heavy (non-hydrogen) atoms. The first-order valence-electron chi connectivity index (χ1n) is 18.4. The first kappa shape index (κ1) is 46.9. The number of carbonyl (C=O) groups excluding carboxylic acids is 3. The second-order valence-corrected chi connectivity index (χ2v) is 13.3. The number of benzene rings is 2. The van der Waals surface area contributed by atoms with Crippen LogP contribution in [0.1, 0.15) is 47.2 Å². The average Bonchev–Trinajstić information content (AvgIpc) is 3.15. The second-order valence-electron chi connectivity index (χ2n) is 13.3. The van der Waals surface area contributed by atoms with E-state index < -0.39 is 60.0 Å². The van der Waals surface area contributed by atoms with Crippen molar-refractivity contribution in [2.24, 2.45) is 11.7 Å². The Hall–Kier alpha value is -5.27. The van der Waals surface area contributed by atoms with E-state index >= 15 is 0 Å². The number of Topliss-reactive ketones (excluding diaryl/α,β-unsaturated/α-hetero) is 1. The van der Waals surface area contributed by atoms with Crippen LogP contribution in [0.25, 0.3) is 0 Å². The molecule has 0 radical (unpaired) electrons. The summed E-state index contributed by atoms with van der Waals surface area (Å²) in [6.45, 7) is 1.65. The first-order chi connectivity index (χ1) is 26.8. The zero-order chi connectivity index (χ0) is 41.3. The number of carboxylic acid groups (broad SMARTS) is 4. The molecule has 2 unspecified atom stereocenters. The van der Waals surface area contributed by atoms with E-state index in [9.17, 15) is 43.8 Å². The second kappa shape index (κ2) is 26.5. The van der Waals surface area contributed by atoms with Gasteiger partial charge in [0.1, 0.15) is 6.04 Å². The van der Waals surface area contributed by atoms with Crippen LogP contribution < -0.4 is 27.0 Å². The van der Waals surface area contributed by atoms with Crippen molar-refractivity contribution in [1.29, 1.82) is 0 Å². The van der Waals surface area contributed by atoms with Crippen LogP contribution in [0.3, 0.4) is 0 Å². The maximum atomic E-state index is 13.4. The summed E-state index contributed by atoms with van der Waals surface area (Å²) in [7, 11) is 0. The van der Waals surface area contributed by atoms with E-state index in [2.05, 4.69) is 21.3 Å². The van der Waals surface area contributed by atoms with E-state index in [1.165, 1.54) is 0 Å². The lowest BCUT2D eigenvalue weighted by Gasteiger charge is -2.27. The van der Waals surface area contributed by atoms with Gasteiger partial charge in [0.25, 0.3) is 5.91 Å². The van der Waals surface area contributed by atoms with Crippen molar-refractivity contribution in [1.82, 2.24) is 31.1 Å². The number of nitrogens with one attached hydrogen (secondary N) is 4. The highest BCUT2D eigenvalue weighted by molar-refractivity contribution is 5.98. The highest BCUT2D eigenvalue weighted by Crippen LogP contribution is 2.14. The maximum absolute atomic E-state index is 13.4. The van der Waals surface area contributed by atoms with Crippen LogP contribution >= 0.6 is 0 Å². The maximum Gasteiger partial charge on any atom is 0.317 e. The van der Waals surface area contributed by atoms with Crippen molar-refractivity contribution in [2.45, 2.75) is 44.7 Å². The smallest absolute Gasteiger partial charge is 0.317 e. The van der Waals surface area contributed by atoms with E-state index in [1.807, 2.05) is 11.0 Å². The van der Waals surface area contributed by atoms with Crippen LogP contribution in [0.5, 0.6) is 0 Å². The van der Waals surface area contributed by atoms with Gasteiger partial charge in [-0.25, -0.2) is 0 Å². The topological polar surface area (TPSA) is 281 Å². The number of nitrogens with two attached hydrogens (primary N) is 1. The molecule has 0 saturated carbocycles. The first-order valence-corrected chi connectivity index (χ1v) is 18.4. The summed E-state index contributed by atoms with van der Waals surface area (Å²) in [6.07, 6.45) is 1.37. The molecule has 18 nitrogen and oxygen atoms in total. The normalized spacial score (nSPS) is 12.2. The molecule has 2 amide bonds. The number of nitrogens with zero attached hydrogens (tertiary/aromatic N) is 2. The van der Waals surface area contributed by atoms with Gasteiger partial charge in [-0.05, 0) is 42.6 Å². The SMILES string of the molecule is NCCCCC(CC(=O)CNC(=O)C(Cc1ccccc1)NC(=O)c1ccc(CN(CCNCC(=O)O)CCN(CCNCC(=O)O)CC(=O)O)cc1)C(=O)O. The van der Waals surface area contributed by atoms with Crippen molar-refractivity contribution in [3.63, 3.8) is 0 Å². The number of amides is 2. The Morgan fingerprint density at radius 3 is 1.86 bits per heavy atom. The molecule has 2 aromatic rings. The number of rotatable bonds is 31. The molecule has 2 rings (SSSR count). The summed E-state index contributed by atoms with van der Waals surface area (Å²) in [5, 5.41) is 47.6. The molecule has 10 N–H and O–H groups in total. The van der Waals surface area contributed by atoms with Gasteiger partial charge in [0.05, 0.1) is 32.1 Å². The van der Waals surface area contributed by atoms with Crippen molar-refractivity contribution in [2.75, 3.05) is 72.0 Å². The van der Waals surface area contributed by atoms with Gasteiger partial charge >= 0.3 is 23.9 Å². The van der Waals surface area contributed by atoms with E-state index in [4.69, 9.17) is 15.9 Å². The van der Waals surface area contributed by atoms with E-state index in [0.717, 1.165) is 11.1 Å². The number of hydrogen-bond donors (Lipinski definition) is 9. The molecule has 2 atom stereocenters. The van der Waals surface area contributed by atoms with Crippen molar-refractivity contribution >= 4 is 41.5 Å². The third-order valence-corrected chi connectivity index (χ3v) is 8.67. The minimum absolute atomic E-state index is 0.126. The van der Waals surface area contributed by atoms with Gasteiger partial charge in [-0.2, -0.15) is 0 Å². The fourth-order valence-corrected chi connectivity index (χ4v) is 5.70. The van der Waals surface area contributed by atoms with Gasteiger partial charge < -0.3 is 47.4 Å². The number of aliphatic carboxylic acids is 4. The lowest BCUT2D eigenvalue weighted by molar-refractivity contribution is -0.144. The van der Waals surface area contributed by atoms with Crippen molar-refractivity contribution in [3.05, 3.63) is 71.3 Å². The van der Waals surface area contributed by atoms with Crippen molar-refractivity contribution < 1.29 is 54.0 Å². The molecule has 0 aliphatic carbocycles. The van der Waals surface area contributed by atoms with Crippen LogP contribution in [-0.4, -0.2) is 150 Å². The number of unbranched alkanes of at least 4 members (excludes halogenated alkanes) is 1. The lowest BCUT2D eigenvalue weighted by Crippen LogP contribution is -2.49. The summed E-state index contributed by atoms with van der Waals surface area (Å²) in [5.74, 6) is -6.66. The highest BCUT2D eigenvalue weighted by Gasteiger charge is 2.25. The van der Waals surface area contributed by atoms with Crippen LogP contribution in [0, 0.1) is 5.92 Å². The molecule has 0 fully saturated rings. The molecule has 0 aromatic heterocycles. The molecule has 2 aromatic carbocycles. The highest BCUT2D eigenvalue weighted by atomic mass is 16.4.